The summed E-state index contributed by atoms with van der Waals surface area (Å²) in [5.74, 6) is 0.936. The van der Waals surface area contributed by atoms with E-state index in [0.717, 1.165) is 12.2 Å². The average molecular weight is 275 g/mol. The molecule has 0 spiro atoms. The molecule has 2 rings (SSSR count). The molecule has 1 atom stereocenters. The lowest BCUT2D eigenvalue weighted by atomic mass is 10.1. The van der Waals surface area contributed by atoms with E-state index in [1.54, 1.807) is 0 Å². The van der Waals surface area contributed by atoms with Crippen LogP contribution in [0.2, 0.25) is 0 Å². The van der Waals surface area contributed by atoms with E-state index in [2.05, 4.69) is 43.4 Å². The van der Waals surface area contributed by atoms with Crippen molar-refractivity contribution >= 4 is 11.3 Å². The predicted molar refractivity (Wildman–Crippen MR) is 81.9 cm³/mol. The quantitative estimate of drug-likeness (QED) is 0.854. The zero-order chi connectivity index (χ0) is 13.7. The SMILES string of the molecule is CCc1ccc(COc2cccc(C(C)NC)c2)s1. The summed E-state index contributed by atoms with van der Waals surface area (Å²) in [6.45, 7) is 4.98. The highest BCUT2D eigenvalue weighted by atomic mass is 32.1. The van der Waals surface area contributed by atoms with Crippen molar-refractivity contribution in [3.63, 3.8) is 0 Å². The van der Waals surface area contributed by atoms with Gasteiger partial charge >= 0.3 is 0 Å². The lowest BCUT2D eigenvalue weighted by Crippen LogP contribution is -2.12. The molecule has 0 amide bonds. The zero-order valence-corrected chi connectivity index (χ0v) is 12.6. The van der Waals surface area contributed by atoms with Crippen molar-refractivity contribution in [2.75, 3.05) is 7.05 Å². The Balaban J connectivity index is 1.99. The average Bonchev–Trinajstić information content (AvgIpc) is 2.92. The largest absolute Gasteiger partial charge is 0.488 e. The molecule has 1 unspecified atom stereocenters. The standard InChI is InChI=1S/C16H21NOS/c1-4-15-8-9-16(19-15)11-18-14-7-5-6-13(10-14)12(2)17-3/h5-10,12,17H,4,11H2,1-3H3. The van der Waals surface area contributed by atoms with E-state index in [4.69, 9.17) is 4.74 Å². The molecular weight excluding hydrogens is 254 g/mol. The van der Waals surface area contributed by atoms with Gasteiger partial charge in [-0.1, -0.05) is 19.1 Å². The summed E-state index contributed by atoms with van der Waals surface area (Å²) >= 11 is 1.83. The van der Waals surface area contributed by atoms with Gasteiger partial charge in [-0.05, 0) is 50.2 Å². The molecule has 0 aliphatic carbocycles. The number of hydrogen-bond donors (Lipinski definition) is 1. The second-order valence-electron chi connectivity index (χ2n) is 4.59. The van der Waals surface area contributed by atoms with E-state index in [-0.39, 0.29) is 0 Å². The molecule has 2 nitrogen and oxygen atoms in total. The van der Waals surface area contributed by atoms with Crippen LogP contribution in [-0.2, 0) is 13.0 Å². The third-order valence-corrected chi connectivity index (χ3v) is 4.44. The Morgan fingerprint density at radius 2 is 2.00 bits per heavy atom. The molecule has 0 aliphatic rings. The monoisotopic (exact) mass is 275 g/mol. The minimum Gasteiger partial charge on any atom is -0.488 e. The van der Waals surface area contributed by atoms with Gasteiger partial charge in [-0.25, -0.2) is 0 Å². The Kier molecular flexibility index (Phi) is 5.00. The minimum atomic E-state index is 0.344. The second kappa shape index (κ2) is 6.73. The van der Waals surface area contributed by atoms with Gasteiger partial charge in [0.25, 0.3) is 0 Å². The van der Waals surface area contributed by atoms with Gasteiger partial charge in [0.2, 0.25) is 0 Å². The second-order valence-corrected chi connectivity index (χ2v) is 5.85. The van der Waals surface area contributed by atoms with E-state index in [1.165, 1.54) is 15.3 Å². The van der Waals surface area contributed by atoms with E-state index in [1.807, 2.05) is 30.5 Å². The van der Waals surface area contributed by atoms with E-state index in [0.29, 0.717) is 12.6 Å². The molecule has 102 valence electrons. The fourth-order valence-corrected chi connectivity index (χ4v) is 2.76. The van der Waals surface area contributed by atoms with Crippen LogP contribution in [0.5, 0.6) is 5.75 Å². The normalized spacial score (nSPS) is 12.4. The van der Waals surface area contributed by atoms with Crippen LogP contribution in [0.1, 0.15) is 35.2 Å². The first-order valence-corrected chi connectivity index (χ1v) is 7.52. The van der Waals surface area contributed by atoms with Crippen LogP contribution in [0.3, 0.4) is 0 Å². The third kappa shape index (κ3) is 3.82. The fraction of sp³-hybridized carbons (Fsp3) is 0.375. The van der Waals surface area contributed by atoms with Crippen molar-refractivity contribution < 1.29 is 4.74 Å². The van der Waals surface area contributed by atoms with Gasteiger partial charge in [-0.2, -0.15) is 0 Å². The first-order chi connectivity index (χ1) is 9.22. The van der Waals surface area contributed by atoms with Crippen molar-refractivity contribution in [1.29, 1.82) is 0 Å². The lowest BCUT2D eigenvalue weighted by Gasteiger charge is -2.12. The summed E-state index contributed by atoms with van der Waals surface area (Å²) in [5, 5.41) is 3.24. The van der Waals surface area contributed by atoms with Crippen molar-refractivity contribution in [3.05, 3.63) is 51.7 Å². The highest BCUT2D eigenvalue weighted by Gasteiger charge is 2.04. The summed E-state index contributed by atoms with van der Waals surface area (Å²) < 4.78 is 5.87. The summed E-state index contributed by atoms with van der Waals surface area (Å²) in [5.41, 5.74) is 1.25. The Labute approximate surface area is 119 Å². The Morgan fingerprint density at radius 3 is 2.68 bits per heavy atom. The summed E-state index contributed by atoms with van der Waals surface area (Å²) in [7, 11) is 1.97. The highest BCUT2D eigenvalue weighted by molar-refractivity contribution is 7.11. The molecule has 1 aromatic carbocycles. The number of ether oxygens (including phenoxy) is 1. The molecule has 2 aromatic rings. The van der Waals surface area contributed by atoms with Crippen molar-refractivity contribution in [2.45, 2.75) is 32.9 Å². The number of nitrogens with one attached hydrogen (secondary N) is 1. The summed E-state index contributed by atoms with van der Waals surface area (Å²) in [6.07, 6.45) is 1.10. The van der Waals surface area contributed by atoms with Gasteiger partial charge in [0, 0.05) is 15.8 Å². The molecular formula is C16H21NOS. The molecule has 1 heterocycles. The molecule has 0 saturated heterocycles. The van der Waals surface area contributed by atoms with Crippen LogP contribution < -0.4 is 10.1 Å². The molecule has 1 N–H and O–H groups in total. The van der Waals surface area contributed by atoms with Gasteiger partial charge in [0.1, 0.15) is 12.4 Å². The number of aryl methyl sites for hydroxylation is 1. The fourth-order valence-electron chi connectivity index (χ4n) is 1.88. The smallest absolute Gasteiger partial charge is 0.122 e. The Bertz CT molecular complexity index is 521. The van der Waals surface area contributed by atoms with Gasteiger partial charge < -0.3 is 10.1 Å². The molecule has 0 radical (unpaired) electrons. The predicted octanol–water partition coefficient (Wildman–Crippen LogP) is 4.17. The number of rotatable bonds is 6. The van der Waals surface area contributed by atoms with Crippen molar-refractivity contribution in [2.24, 2.45) is 0 Å². The molecule has 0 saturated carbocycles. The number of hydrogen-bond acceptors (Lipinski definition) is 3. The van der Waals surface area contributed by atoms with Crippen LogP contribution in [-0.4, -0.2) is 7.05 Å². The van der Waals surface area contributed by atoms with Crippen LogP contribution in [0, 0.1) is 0 Å². The molecule has 1 aromatic heterocycles. The van der Waals surface area contributed by atoms with Gasteiger partial charge in [-0.15, -0.1) is 11.3 Å². The molecule has 0 bridgehead atoms. The molecule has 0 aliphatic heterocycles. The van der Waals surface area contributed by atoms with Crippen LogP contribution in [0.25, 0.3) is 0 Å². The molecule has 3 heteroatoms. The van der Waals surface area contributed by atoms with E-state index >= 15 is 0 Å². The maximum absolute atomic E-state index is 5.87. The summed E-state index contributed by atoms with van der Waals surface area (Å²) in [6, 6.07) is 13.0. The van der Waals surface area contributed by atoms with Gasteiger partial charge in [-0.3, -0.25) is 0 Å². The first-order valence-electron chi connectivity index (χ1n) is 6.70. The van der Waals surface area contributed by atoms with E-state index in [9.17, 15) is 0 Å². The lowest BCUT2D eigenvalue weighted by molar-refractivity contribution is 0.309. The Hall–Kier alpha value is -1.32. The van der Waals surface area contributed by atoms with E-state index < -0.39 is 0 Å². The maximum atomic E-state index is 5.87. The maximum Gasteiger partial charge on any atom is 0.122 e. The van der Waals surface area contributed by atoms with Crippen LogP contribution in [0.4, 0.5) is 0 Å². The van der Waals surface area contributed by atoms with Gasteiger partial charge in [0.05, 0.1) is 0 Å². The van der Waals surface area contributed by atoms with Crippen LogP contribution >= 0.6 is 11.3 Å². The zero-order valence-electron chi connectivity index (χ0n) is 11.8. The van der Waals surface area contributed by atoms with Crippen LogP contribution in [0.15, 0.2) is 36.4 Å². The number of benzene rings is 1. The number of thiophene rings is 1. The minimum absolute atomic E-state index is 0.344. The van der Waals surface area contributed by atoms with Crippen molar-refractivity contribution in [3.8, 4) is 5.75 Å². The van der Waals surface area contributed by atoms with Crippen molar-refractivity contribution in [1.82, 2.24) is 5.32 Å². The third-order valence-electron chi connectivity index (χ3n) is 3.24. The highest BCUT2D eigenvalue weighted by Crippen LogP contribution is 2.22. The van der Waals surface area contributed by atoms with Gasteiger partial charge in [0.15, 0.2) is 0 Å². The molecule has 19 heavy (non-hydrogen) atoms. The first kappa shape index (κ1) is 14.1. The molecule has 0 fully saturated rings. The summed E-state index contributed by atoms with van der Waals surface area (Å²) in [4.78, 5) is 2.69. The Morgan fingerprint density at radius 1 is 1.21 bits per heavy atom. The topological polar surface area (TPSA) is 21.3 Å².